The molecule has 0 fully saturated rings. The lowest BCUT2D eigenvalue weighted by molar-refractivity contribution is 0.483. The van der Waals surface area contributed by atoms with Crippen LogP contribution in [0.4, 0.5) is 0 Å². The Kier molecular flexibility index (Phi) is 12.9. The summed E-state index contributed by atoms with van der Waals surface area (Å²) in [7, 11) is 0. The predicted molar refractivity (Wildman–Crippen MR) is 303 cm³/mol. The smallest absolute Gasteiger partial charge is 0.138 e. The second-order valence-corrected chi connectivity index (χ2v) is 21.6. The molecule has 0 saturated carbocycles. The van der Waals surface area contributed by atoms with Crippen molar-refractivity contribution in [1.82, 2.24) is 14.1 Å². The van der Waals surface area contributed by atoms with Gasteiger partial charge in [-0.15, -0.1) is 0 Å². The largest absolute Gasteiger partial charge is 0.457 e. The van der Waals surface area contributed by atoms with Crippen molar-refractivity contribution in [3.63, 3.8) is 0 Å². The van der Waals surface area contributed by atoms with E-state index in [2.05, 4.69) is 250 Å². The Balaban J connectivity index is 1.16. The van der Waals surface area contributed by atoms with Gasteiger partial charge in [0.05, 0.1) is 16.6 Å². The summed E-state index contributed by atoms with van der Waals surface area (Å²) in [5.41, 5.74) is 20.0. The summed E-state index contributed by atoms with van der Waals surface area (Å²) in [6.07, 6.45) is 4.29. The van der Waals surface area contributed by atoms with Crippen LogP contribution < -0.4 is 4.74 Å². The predicted octanol–water partition coefficient (Wildman–Crippen LogP) is 19.7. The van der Waals surface area contributed by atoms with Crippen molar-refractivity contribution in [2.24, 2.45) is 0 Å². The highest BCUT2D eigenvalue weighted by atomic mass is 16.5. The minimum Gasteiger partial charge on any atom is -0.457 e. The second-order valence-electron chi connectivity index (χ2n) is 21.6. The van der Waals surface area contributed by atoms with Gasteiger partial charge in [0.15, 0.2) is 0 Å². The van der Waals surface area contributed by atoms with Gasteiger partial charge in [0, 0.05) is 51.9 Å². The zero-order valence-corrected chi connectivity index (χ0v) is 43.8. The van der Waals surface area contributed by atoms with Crippen LogP contribution in [-0.4, -0.2) is 14.1 Å². The number of nitrogens with zero attached hydrogens (tertiary/aromatic N) is 3. The maximum absolute atomic E-state index is 7.20. The van der Waals surface area contributed by atoms with Gasteiger partial charge < -0.3 is 9.30 Å². The number of para-hydroxylation sites is 2. The third-order valence-corrected chi connectivity index (χ3v) is 14.7. The van der Waals surface area contributed by atoms with Crippen molar-refractivity contribution in [2.75, 3.05) is 0 Å². The summed E-state index contributed by atoms with van der Waals surface area (Å²) in [5.74, 6) is 4.71. The molecule has 0 amide bonds. The van der Waals surface area contributed by atoms with Gasteiger partial charge in [-0.25, -0.2) is 4.98 Å². The van der Waals surface area contributed by atoms with Gasteiger partial charge in [-0.3, -0.25) is 4.57 Å². The number of ether oxygens (including phenoxy) is 1. The number of pyridine rings is 1. The molecule has 0 aliphatic heterocycles. The van der Waals surface area contributed by atoms with Crippen LogP contribution in [0.15, 0.2) is 164 Å². The highest BCUT2D eigenvalue weighted by Crippen LogP contribution is 2.44. The fourth-order valence-corrected chi connectivity index (χ4v) is 10.9. The third-order valence-electron chi connectivity index (χ3n) is 14.7. The number of rotatable bonds is 13. The van der Waals surface area contributed by atoms with E-state index < -0.39 is 0 Å². The molecule has 0 spiro atoms. The molecule has 7 aromatic carbocycles. The maximum Gasteiger partial charge on any atom is 0.138 e. The van der Waals surface area contributed by atoms with E-state index in [1.807, 2.05) is 6.20 Å². The summed E-state index contributed by atoms with van der Waals surface area (Å²) in [6, 6.07) is 55.9. The highest BCUT2D eigenvalue weighted by Gasteiger charge is 2.23. The van der Waals surface area contributed by atoms with Crippen LogP contribution in [0, 0.1) is 0 Å². The first-order valence-corrected chi connectivity index (χ1v) is 26.0. The van der Waals surface area contributed by atoms with E-state index in [1.54, 1.807) is 0 Å². The molecule has 71 heavy (non-hydrogen) atoms. The summed E-state index contributed by atoms with van der Waals surface area (Å²) in [5, 5.41) is 3.54. The van der Waals surface area contributed by atoms with Crippen molar-refractivity contribution in [2.45, 2.75) is 119 Å². The Morgan fingerprint density at radius 3 is 1.66 bits per heavy atom. The molecule has 0 unspecified atom stereocenters. The normalized spacial score (nSPS) is 12.1. The Morgan fingerprint density at radius 2 is 1.00 bits per heavy atom. The lowest BCUT2D eigenvalue weighted by Gasteiger charge is -2.23. The average molecular weight is 932 g/mol. The quantitative estimate of drug-likeness (QED) is 0.115. The van der Waals surface area contributed by atoms with Crippen LogP contribution in [-0.2, 0) is 0 Å². The lowest BCUT2D eigenvalue weighted by atomic mass is 9.82. The van der Waals surface area contributed by atoms with Gasteiger partial charge >= 0.3 is 0 Å². The standard InChI is InChI=1S/C67H69N3O/c1-40(2)48-32-59(44(9)10)67(60(33-48)45(11)12)47-28-29-68-66(34-47)70-64-25-19-17-22-53(64)55-27-26-51(36-65(55)70)71-52-31-49(61-38-57(42(5)6)56(41(3)4)37-58(61)43(7)8)30-50(35-52)69-39-62(46-20-14-13-15-21-46)54-23-16-18-24-63(54)69/h13-45H,1-12H3. The van der Waals surface area contributed by atoms with E-state index in [9.17, 15) is 0 Å². The molecule has 0 bridgehead atoms. The Bertz CT molecular complexity index is 3550. The molecule has 0 N–H and O–H groups in total. The number of hydrogen-bond acceptors (Lipinski definition) is 2. The van der Waals surface area contributed by atoms with Crippen molar-refractivity contribution in [1.29, 1.82) is 0 Å². The molecule has 4 nitrogen and oxygen atoms in total. The molecular formula is C67H69N3O. The Labute approximate surface area is 422 Å². The molecule has 3 heterocycles. The van der Waals surface area contributed by atoms with Crippen molar-refractivity contribution in [3.05, 3.63) is 197 Å². The number of fused-ring (bicyclic) bond motifs is 4. The molecule has 0 atom stereocenters. The number of aromatic nitrogens is 3. The SMILES string of the molecule is CC(C)c1cc(C(C)C)c(-c2ccnc(-n3c4ccccc4c4ccc(Oc5cc(-c6cc(C(C)C)c(C(C)C)cc6C(C)C)cc(-n6cc(-c7ccccc7)c7ccccc76)c5)cc43)c2)c(C(C)C)c1. The first-order chi connectivity index (χ1) is 34.2. The van der Waals surface area contributed by atoms with Gasteiger partial charge in [0.1, 0.15) is 17.3 Å². The summed E-state index contributed by atoms with van der Waals surface area (Å²) in [4.78, 5) is 5.13. The van der Waals surface area contributed by atoms with E-state index in [-0.39, 0.29) is 0 Å². The molecule has 10 rings (SSSR count). The maximum atomic E-state index is 7.20. The first kappa shape index (κ1) is 47.5. The molecule has 4 heteroatoms. The Morgan fingerprint density at radius 1 is 0.394 bits per heavy atom. The third kappa shape index (κ3) is 8.88. The Hall–Kier alpha value is -7.17. The van der Waals surface area contributed by atoms with Gasteiger partial charge in [0.2, 0.25) is 0 Å². The van der Waals surface area contributed by atoms with Gasteiger partial charge in [0.25, 0.3) is 0 Å². The minimum absolute atomic E-state index is 0.318. The molecule has 358 valence electrons. The zero-order valence-electron chi connectivity index (χ0n) is 43.8. The van der Waals surface area contributed by atoms with Crippen LogP contribution in [0.3, 0.4) is 0 Å². The minimum atomic E-state index is 0.318. The molecule has 0 saturated heterocycles. The fraction of sp³-hybridized carbons (Fsp3) is 0.269. The fourth-order valence-electron chi connectivity index (χ4n) is 10.9. The highest BCUT2D eigenvalue weighted by molar-refractivity contribution is 6.09. The van der Waals surface area contributed by atoms with E-state index in [0.29, 0.717) is 35.5 Å². The number of benzene rings is 7. The van der Waals surface area contributed by atoms with Gasteiger partial charge in [-0.1, -0.05) is 174 Å². The molecule has 10 aromatic rings. The van der Waals surface area contributed by atoms with E-state index in [1.165, 1.54) is 72.0 Å². The topological polar surface area (TPSA) is 32.0 Å². The van der Waals surface area contributed by atoms with E-state index >= 15 is 0 Å². The average Bonchev–Trinajstić information content (AvgIpc) is 3.92. The van der Waals surface area contributed by atoms with Crippen LogP contribution >= 0.6 is 0 Å². The summed E-state index contributed by atoms with van der Waals surface area (Å²) < 4.78 is 11.9. The van der Waals surface area contributed by atoms with Crippen molar-refractivity contribution < 1.29 is 4.74 Å². The molecule has 0 aliphatic rings. The lowest BCUT2D eigenvalue weighted by Crippen LogP contribution is -2.05. The van der Waals surface area contributed by atoms with Gasteiger partial charge in [-0.2, -0.15) is 0 Å². The molecule has 0 aliphatic carbocycles. The number of hydrogen-bond donors (Lipinski definition) is 0. The second kappa shape index (κ2) is 19.2. The monoisotopic (exact) mass is 932 g/mol. The van der Waals surface area contributed by atoms with Crippen LogP contribution in [0.2, 0.25) is 0 Å². The van der Waals surface area contributed by atoms with Crippen LogP contribution in [0.1, 0.15) is 152 Å². The van der Waals surface area contributed by atoms with Gasteiger partial charge in [-0.05, 0) is 145 Å². The summed E-state index contributed by atoms with van der Waals surface area (Å²) >= 11 is 0. The molecular weight excluding hydrogens is 863 g/mol. The first-order valence-electron chi connectivity index (χ1n) is 26.0. The zero-order chi connectivity index (χ0) is 49.8. The van der Waals surface area contributed by atoms with E-state index in [4.69, 9.17) is 9.72 Å². The summed E-state index contributed by atoms with van der Waals surface area (Å²) in [6.45, 7) is 27.8. The van der Waals surface area contributed by atoms with Crippen molar-refractivity contribution >= 4 is 32.7 Å². The van der Waals surface area contributed by atoms with Crippen LogP contribution in [0.5, 0.6) is 11.5 Å². The van der Waals surface area contributed by atoms with Crippen molar-refractivity contribution in [3.8, 4) is 56.4 Å². The molecule has 0 radical (unpaired) electrons. The van der Waals surface area contributed by atoms with E-state index in [0.717, 1.165) is 50.5 Å². The van der Waals surface area contributed by atoms with Crippen LogP contribution in [0.25, 0.3) is 77.6 Å². The molecule has 3 aromatic heterocycles.